The molecule has 5 heteroatoms. The molecule has 2 N–H and O–H groups in total. The number of nitrogens with zero attached hydrogens (tertiary/aromatic N) is 2. The molecule has 2 rings (SSSR count). The first-order valence-electron chi connectivity index (χ1n) is 6.45. The molecule has 1 atom stereocenters. The fraction of sp³-hybridized carbons (Fsp3) is 0.500. The van der Waals surface area contributed by atoms with Crippen LogP contribution in [0.1, 0.15) is 18.0 Å². The van der Waals surface area contributed by atoms with E-state index in [1.807, 2.05) is 12.1 Å². The zero-order chi connectivity index (χ0) is 13.7. The fourth-order valence-corrected chi connectivity index (χ4v) is 2.44. The van der Waals surface area contributed by atoms with Crippen molar-refractivity contribution in [2.24, 2.45) is 0 Å². The van der Waals surface area contributed by atoms with Crippen LogP contribution in [-0.2, 0) is 0 Å². The molecule has 1 saturated heterocycles. The summed E-state index contributed by atoms with van der Waals surface area (Å²) in [6.07, 6.45) is 0.438. The minimum absolute atomic E-state index is 0.0570. The van der Waals surface area contributed by atoms with Gasteiger partial charge >= 0.3 is 0 Å². The molecular formula is C14H19N3O2. The zero-order valence-corrected chi connectivity index (χ0v) is 11.1. The molecular weight excluding hydrogens is 242 g/mol. The van der Waals surface area contributed by atoms with Gasteiger partial charge in [0.2, 0.25) is 0 Å². The molecule has 0 unspecified atom stereocenters. The molecule has 1 heterocycles. The van der Waals surface area contributed by atoms with Crippen molar-refractivity contribution >= 4 is 0 Å². The molecule has 0 saturated carbocycles. The topological polar surface area (TPSA) is 68.5 Å². The fourth-order valence-electron chi connectivity index (χ4n) is 2.44. The molecule has 0 bridgehead atoms. The number of hydrogen-bond acceptors (Lipinski definition) is 5. The number of rotatable bonds is 4. The monoisotopic (exact) mass is 261 g/mol. The van der Waals surface area contributed by atoms with Gasteiger partial charge in [-0.1, -0.05) is 6.07 Å². The van der Waals surface area contributed by atoms with E-state index in [1.54, 1.807) is 6.07 Å². The Balaban J connectivity index is 2.25. The highest BCUT2D eigenvalue weighted by molar-refractivity contribution is 5.42. The van der Waals surface area contributed by atoms with Gasteiger partial charge in [0.15, 0.2) is 11.5 Å². The van der Waals surface area contributed by atoms with E-state index in [0.717, 1.165) is 31.7 Å². The van der Waals surface area contributed by atoms with Gasteiger partial charge in [0.25, 0.3) is 0 Å². The third-order valence-corrected chi connectivity index (χ3v) is 3.47. The van der Waals surface area contributed by atoms with Crippen LogP contribution in [0.15, 0.2) is 18.2 Å². The number of benzene rings is 1. The molecule has 0 radical (unpaired) electrons. The van der Waals surface area contributed by atoms with E-state index in [4.69, 9.17) is 10.00 Å². The maximum absolute atomic E-state index is 9.64. The van der Waals surface area contributed by atoms with Crippen LogP contribution in [-0.4, -0.2) is 43.3 Å². The van der Waals surface area contributed by atoms with Crippen LogP contribution in [0.2, 0.25) is 0 Å². The highest BCUT2D eigenvalue weighted by Gasteiger charge is 2.22. The summed E-state index contributed by atoms with van der Waals surface area (Å²) in [6.45, 7) is 3.74. The maximum Gasteiger partial charge on any atom is 0.160 e. The summed E-state index contributed by atoms with van der Waals surface area (Å²) >= 11 is 0. The molecule has 0 aromatic heterocycles. The SMILES string of the molecule is COc1cc([C@@H](CC#N)N2CCNCC2)ccc1O. The van der Waals surface area contributed by atoms with E-state index >= 15 is 0 Å². The molecule has 0 spiro atoms. The van der Waals surface area contributed by atoms with Crippen LogP contribution < -0.4 is 10.1 Å². The first-order valence-corrected chi connectivity index (χ1v) is 6.45. The van der Waals surface area contributed by atoms with Gasteiger partial charge in [-0.25, -0.2) is 0 Å². The standard InChI is InChI=1S/C14H19N3O2/c1-19-14-10-11(2-3-13(14)18)12(4-5-15)17-8-6-16-7-9-17/h2-3,10,12,16,18H,4,6-9H2,1H3/t12-/m1/s1. The normalized spacial score (nSPS) is 17.7. The maximum atomic E-state index is 9.64. The van der Waals surface area contributed by atoms with Crippen molar-refractivity contribution < 1.29 is 9.84 Å². The van der Waals surface area contributed by atoms with E-state index in [9.17, 15) is 5.11 Å². The second kappa shape index (κ2) is 6.41. The number of methoxy groups -OCH3 is 1. The Morgan fingerprint density at radius 2 is 2.21 bits per heavy atom. The van der Waals surface area contributed by atoms with Gasteiger partial charge in [0.05, 0.1) is 19.6 Å². The van der Waals surface area contributed by atoms with Crippen molar-refractivity contribution in [1.82, 2.24) is 10.2 Å². The van der Waals surface area contributed by atoms with Crippen LogP contribution in [0.25, 0.3) is 0 Å². The molecule has 1 fully saturated rings. The highest BCUT2D eigenvalue weighted by Crippen LogP contribution is 2.32. The predicted octanol–water partition coefficient (Wildman–Crippen LogP) is 1.26. The molecule has 19 heavy (non-hydrogen) atoms. The van der Waals surface area contributed by atoms with Gasteiger partial charge in [0.1, 0.15) is 0 Å². The first kappa shape index (κ1) is 13.7. The molecule has 5 nitrogen and oxygen atoms in total. The zero-order valence-electron chi connectivity index (χ0n) is 11.1. The molecule has 1 aliphatic heterocycles. The summed E-state index contributed by atoms with van der Waals surface area (Å²) in [5.74, 6) is 0.581. The lowest BCUT2D eigenvalue weighted by Gasteiger charge is -2.34. The van der Waals surface area contributed by atoms with Crippen molar-refractivity contribution in [3.63, 3.8) is 0 Å². The second-order valence-corrected chi connectivity index (χ2v) is 4.60. The van der Waals surface area contributed by atoms with Gasteiger partial charge in [0, 0.05) is 32.2 Å². The Kier molecular flexibility index (Phi) is 4.61. The lowest BCUT2D eigenvalue weighted by molar-refractivity contribution is 0.175. The van der Waals surface area contributed by atoms with Gasteiger partial charge in [-0.3, -0.25) is 4.90 Å². The lowest BCUT2D eigenvalue weighted by Crippen LogP contribution is -2.45. The summed E-state index contributed by atoms with van der Waals surface area (Å²) in [6, 6.07) is 7.61. The Morgan fingerprint density at radius 3 is 2.84 bits per heavy atom. The minimum atomic E-state index is 0.0570. The second-order valence-electron chi connectivity index (χ2n) is 4.60. The van der Waals surface area contributed by atoms with E-state index in [0.29, 0.717) is 12.2 Å². The Labute approximate surface area is 113 Å². The summed E-state index contributed by atoms with van der Waals surface area (Å²) in [7, 11) is 1.53. The predicted molar refractivity (Wildman–Crippen MR) is 72.1 cm³/mol. The molecule has 0 aliphatic carbocycles. The molecule has 1 aliphatic rings. The number of nitrogens with one attached hydrogen (secondary N) is 1. The van der Waals surface area contributed by atoms with Crippen molar-refractivity contribution in [3.8, 4) is 17.6 Å². The van der Waals surface area contributed by atoms with Crippen molar-refractivity contribution in [2.45, 2.75) is 12.5 Å². The van der Waals surface area contributed by atoms with Crippen molar-refractivity contribution in [1.29, 1.82) is 5.26 Å². The average Bonchev–Trinajstić information content (AvgIpc) is 2.46. The number of piperazine rings is 1. The smallest absolute Gasteiger partial charge is 0.160 e. The minimum Gasteiger partial charge on any atom is -0.504 e. The summed E-state index contributed by atoms with van der Waals surface area (Å²) < 4.78 is 5.14. The summed E-state index contributed by atoms with van der Waals surface area (Å²) in [5.41, 5.74) is 1.01. The van der Waals surface area contributed by atoms with Crippen LogP contribution >= 0.6 is 0 Å². The van der Waals surface area contributed by atoms with Gasteiger partial charge in [-0.15, -0.1) is 0 Å². The van der Waals surface area contributed by atoms with E-state index in [-0.39, 0.29) is 11.8 Å². The van der Waals surface area contributed by atoms with Crippen molar-refractivity contribution in [3.05, 3.63) is 23.8 Å². The van der Waals surface area contributed by atoms with Gasteiger partial charge in [-0.2, -0.15) is 5.26 Å². The molecule has 1 aromatic carbocycles. The van der Waals surface area contributed by atoms with Crippen LogP contribution in [0, 0.1) is 11.3 Å². The third-order valence-electron chi connectivity index (χ3n) is 3.47. The lowest BCUT2D eigenvalue weighted by atomic mass is 10.0. The quantitative estimate of drug-likeness (QED) is 0.854. The van der Waals surface area contributed by atoms with E-state index in [2.05, 4.69) is 16.3 Å². The van der Waals surface area contributed by atoms with Crippen LogP contribution in [0.3, 0.4) is 0 Å². The van der Waals surface area contributed by atoms with E-state index < -0.39 is 0 Å². The Hall–Kier alpha value is -1.77. The van der Waals surface area contributed by atoms with Crippen LogP contribution in [0.5, 0.6) is 11.5 Å². The number of aromatic hydroxyl groups is 1. The van der Waals surface area contributed by atoms with Gasteiger partial charge < -0.3 is 15.2 Å². The first-order chi connectivity index (χ1) is 9.26. The number of ether oxygens (including phenoxy) is 1. The number of hydrogen-bond donors (Lipinski definition) is 2. The van der Waals surface area contributed by atoms with Crippen LogP contribution in [0.4, 0.5) is 0 Å². The Bertz CT molecular complexity index is 464. The summed E-state index contributed by atoms with van der Waals surface area (Å²) in [5, 5.41) is 22.0. The van der Waals surface area contributed by atoms with Gasteiger partial charge in [-0.05, 0) is 17.7 Å². The largest absolute Gasteiger partial charge is 0.504 e. The molecule has 102 valence electrons. The van der Waals surface area contributed by atoms with E-state index in [1.165, 1.54) is 7.11 Å². The number of phenols is 1. The average molecular weight is 261 g/mol. The Morgan fingerprint density at radius 1 is 1.47 bits per heavy atom. The number of phenolic OH excluding ortho intramolecular Hbond substituents is 1. The number of nitriles is 1. The molecule has 1 aromatic rings. The van der Waals surface area contributed by atoms with Crippen molar-refractivity contribution in [2.75, 3.05) is 33.3 Å². The summed E-state index contributed by atoms with van der Waals surface area (Å²) in [4.78, 5) is 2.30. The molecule has 0 amide bonds. The third kappa shape index (κ3) is 3.16. The highest BCUT2D eigenvalue weighted by atomic mass is 16.5.